The standard InChI is InChI=1S/C21H34O3/c1-5-6-7-10-17(4)13-14-19(24-16(2)3)15-18-11-8-9-12-20(18)21(22)23/h8-9,11-12,16-17,19H,5-7,10,13-15H2,1-4H3,(H,22,23). The molecule has 0 aliphatic rings. The van der Waals surface area contributed by atoms with Gasteiger partial charge in [0, 0.05) is 0 Å². The van der Waals surface area contributed by atoms with Crippen molar-refractivity contribution in [2.45, 2.75) is 84.8 Å². The normalized spacial score (nSPS) is 13.9. The van der Waals surface area contributed by atoms with Crippen LogP contribution in [0.2, 0.25) is 0 Å². The van der Waals surface area contributed by atoms with E-state index in [2.05, 4.69) is 13.8 Å². The highest BCUT2D eigenvalue weighted by molar-refractivity contribution is 5.89. The average molecular weight is 335 g/mol. The van der Waals surface area contributed by atoms with Crippen molar-refractivity contribution in [3.63, 3.8) is 0 Å². The van der Waals surface area contributed by atoms with Crippen molar-refractivity contribution < 1.29 is 14.6 Å². The van der Waals surface area contributed by atoms with Crippen molar-refractivity contribution in [1.82, 2.24) is 0 Å². The van der Waals surface area contributed by atoms with Gasteiger partial charge < -0.3 is 9.84 Å². The minimum Gasteiger partial charge on any atom is -0.478 e. The molecule has 0 heterocycles. The molecule has 0 amide bonds. The lowest BCUT2D eigenvalue weighted by molar-refractivity contribution is 0.000437. The van der Waals surface area contributed by atoms with Crippen LogP contribution in [0.4, 0.5) is 0 Å². The summed E-state index contributed by atoms with van der Waals surface area (Å²) in [4.78, 5) is 11.4. The highest BCUT2D eigenvalue weighted by Crippen LogP contribution is 2.21. The maximum atomic E-state index is 11.4. The van der Waals surface area contributed by atoms with Crippen LogP contribution in [0.15, 0.2) is 24.3 Å². The van der Waals surface area contributed by atoms with Gasteiger partial charge in [-0.2, -0.15) is 0 Å². The van der Waals surface area contributed by atoms with Crippen LogP contribution in [0.3, 0.4) is 0 Å². The molecule has 2 atom stereocenters. The predicted octanol–water partition coefficient (Wildman–Crippen LogP) is 5.72. The molecule has 0 aliphatic carbocycles. The summed E-state index contributed by atoms with van der Waals surface area (Å²) in [7, 11) is 0. The first kappa shape index (κ1) is 20.7. The van der Waals surface area contributed by atoms with Crippen LogP contribution in [0.1, 0.15) is 82.1 Å². The lowest BCUT2D eigenvalue weighted by atomic mass is 9.93. The van der Waals surface area contributed by atoms with E-state index in [0.717, 1.165) is 18.4 Å². The van der Waals surface area contributed by atoms with Gasteiger partial charge in [-0.25, -0.2) is 4.79 Å². The lowest BCUT2D eigenvalue weighted by Gasteiger charge is -2.23. The van der Waals surface area contributed by atoms with Gasteiger partial charge in [0.2, 0.25) is 0 Å². The van der Waals surface area contributed by atoms with Crippen molar-refractivity contribution >= 4 is 5.97 Å². The number of hydrogen-bond acceptors (Lipinski definition) is 2. The quantitative estimate of drug-likeness (QED) is 0.497. The van der Waals surface area contributed by atoms with Crippen LogP contribution < -0.4 is 0 Å². The fourth-order valence-electron chi connectivity index (χ4n) is 3.11. The second-order valence-electron chi connectivity index (χ2n) is 7.15. The van der Waals surface area contributed by atoms with Crippen LogP contribution in [0.5, 0.6) is 0 Å². The molecule has 0 radical (unpaired) electrons. The molecule has 0 saturated carbocycles. The summed E-state index contributed by atoms with van der Waals surface area (Å²) < 4.78 is 6.07. The molecule has 1 aromatic rings. The second-order valence-corrected chi connectivity index (χ2v) is 7.15. The van der Waals surface area contributed by atoms with Gasteiger partial charge in [-0.1, -0.05) is 57.7 Å². The molecule has 0 spiro atoms. The van der Waals surface area contributed by atoms with Gasteiger partial charge in [0.25, 0.3) is 0 Å². The molecule has 0 aromatic heterocycles. The number of unbranched alkanes of at least 4 members (excludes halogenated alkanes) is 2. The molecule has 1 N–H and O–H groups in total. The van der Waals surface area contributed by atoms with Crippen molar-refractivity contribution in [3.8, 4) is 0 Å². The van der Waals surface area contributed by atoms with Gasteiger partial charge >= 0.3 is 5.97 Å². The molecule has 2 unspecified atom stereocenters. The van der Waals surface area contributed by atoms with Gasteiger partial charge in [0.05, 0.1) is 17.8 Å². The van der Waals surface area contributed by atoms with Crippen LogP contribution >= 0.6 is 0 Å². The van der Waals surface area contributed by atoms with Gasteiger partial charge in [-0.05, 0) is 50.7 Å². The summed E-state index contributed by atoms with van der Waals surface area (Å²) in [5.41, 5.74) is 1.26. The fourth-order valence-corrected chi connectivity index (χ4v) is 3.11. The highest BCUT2D eigenvalue weighted by Gasteiger charge is 2.17. The number of hydrogen-bond donors (Lipinski definition) is 1. The van der Waals surface area contributed by atoms with Crippen molar-refractivity contribution in [2.75, 3.05) is 0 Å². The van der Waals surface area contributed by atoms with Crippen LogP contribution in [-0.2, 0) is 11.2 Å². The van der Waals surface area contributed by atoms with Gasteiger partial charge in [0.15, 0.2) is 0 Å². The molecule has 24 heavy (non-hydrogen) atoms. The largest absolute Gasteiger partial charge is 0.478 e. The maximum Gasteiger partial charge on any atom is 0.335 e. The molecule has 0 bridgehead atoms. The van der Waals surface area contributed by atoms with E-state index in [0.29, 0.717) is 17.9 Å². The Labute approximate surface area is 147 Å². The number of carboxylic acids is 1. The Bertz CT molecular complexity index is 482. The third kappa shape index (κ3) is 7.96. The predicted molar refractivity (Wildman–Crippen MR) is 99.7 cm³/mol. The van der Waals surface area contributed by atoms with Crippen molar-refractivity contribution in [3.05, 3.63) is 35.4 Å². The topological polar surface area (TPSA) is 46.5 Å². The average Bonchev–Trinajstić information content (AvgIpc) is 2.52. The van der Waals surface area contributed by atoms with Crippen molar-refractivity contribution in [2.24, 2.45) is 5.92 Å². The first-order chi connectivity index (χ1) is 11.4. The minimum absolute atomic E-state index is 0.0825. The second kappa shape index (κ2) is 11.2. The number of carboxylic acid groups (broad SMARTS) is 1. The Morgan fingerprint density at radius 3 is 2.42 bits per heavy atom. The molecule has 3 heteroatoms. The Morgan fingerprint density at radius 1 is 1.08 bits per heavy atom. The van der Waals surface area contributed by atoms with E-state index in [1.807, 2.05) is 26.0 Å². The van der Waals surface area contributed by atoms with E-state index in [4.69, 9.17) is 4.74 Å². The van der Waals surface area contributed by atoms with E-state index in [9.17, 15) is 9.90 Å². The smallest absolute Gasteiger partial charge is 0.335 e. The molecule has 1 rings (SSSR count). The zero-order valence-electron chi connectivity index (χ0n) is 15.8. The van der Waals surface area contributed by atoms with E-state index < -0.39 is 5.97 Å². The summed E-state index contributed by atoms with van der Waals surface area (Å²) in [6.45, 7) is 8.63. The maximum absolute atomic E-state index is 11.4. The Morgan fingerprint density at radius 2 is 1.79 bits per heavy atom. The summed E-state index contributed by atoms with van der Waals surface area (Å²) in [5, 5.41) is 9.36. The molecule has 136 valence electrons. The number of benzene rings is 1. The van der Waals surface area contributed by atoms with E-state index in [1.54, 1.807) is 12.1 Å². The summed E-state index contributed by atoms with van der Waals surface area (Å²) >= 11 is 0. The van der Waals surface area contributed by atoms with Crippen LogP contribution in [0, 0.1) is 5.92 Å². The molecular weight excluding hydrogens is 300 g/mol. The van der Waals surface area contributed by atoms with E-state index in [-0.39, 0.29) is 12.2 Å². The van der Waals surface area contributed by atoms with Crippen molar-refractivity contribution in [1.29, 1.82) is 0 Å². The zero-order valence-corrected chi connectivity index (χ0v) is 15.8. The lowest BCUT2D eigenvalue weighted by Crippen LogP contribution is -2.22. The Hall–Kier alpha value is -1.35. The number of rotatable bonds is 12. The molecule has 0 fully saturated rings. The molecular formula is C21H34O3. The van der Waals surface area contributed by atoms with Gasteiger partial charge in [0.1, 0.15) is 0 Å². The number of ether oxygens (including phenoxy) is 1. The summed E-state index contributed by atoms with van der Waals surface area (Å²) in [5.74, 6) is -0.161. The minimum atomic E-state index is -0.859. The first-order valence-corrected chi connectivity index (χ1v) is 9.40. The number of aromatic carboxylic acids is 1. The van der Waals surface area contributed by atoms with Gasteiger partial charge in [-0.15, -0.1) is 0 Å². The molecule has 1 aromatic carbocycles. The SMILES string of the molecule is CCCCCC(C)CCC(Cc1ccccc1C(=O)O)OC(C)C. The monoisotopic (exact) mass is 334 g/mol. The summed E-state index contributed by atoms with van der Waals surface area (Å²) in [6, 6.07) is 7.27. The van der Waals surface area contributed by atoms with Crippen LogP contribution in [-0.4, -0.2) is 23.3 Å². The van der Waals surface area contributed by atoms with Gasteiger partial charge in [-0.3, -0.25) is 0 Å². The molecule has 3 nitrogen and oxygen atoms in total. The number of carbonyl (C=O) groups is 1. The van der Waals surface area contributed by atoms with E-state index >= 15 is 0 Å². The Balaban J connectivity index is 2.64. The third-order valence-electron chi connectivity index (χ3n) is 4.44. The highest BCUT2D eigenvalue weighted by atomic mass is 16.5. The molecule has 0 aliphatic heterocycles. The Kier molecular flexibility index (Phi) is 9.70. The summed E-state index contributed by atoms with van der Waals surface area (Å²) in [6.07, 6.45) is 8.17. The zero-order chi connectivity index (χ0) is 17.9. The fraction of sp³-hybridized carbons (Fsp3) is 0.667. The first-order valence-electron chi connectivity index (χ1n) is 9.40. The third-order valence-corrected chi connectivity index (χ3v) is 4.44. The molecule has 0 saturated heterocycles. The van der Waals surface area contributed by atoms with E-state index in [1.165, 1.54) is 25.7 Å². The van der Waals surface area contributed by atoms with Crippen LogP contribution in [0.25, 0.3) is 0 Å².